The van der Waals surface area contributed by atoms with Crippen molar-refractivity contribution in [3.63, 3.8) is 0 Å². The first kappa shape index (κ1) is 14.8. The molecular formula is C17H16N4O2. The molecule has 116 valence electrons. The second-order valence-corrected chi connectivity index (χ2v) is 5.17. The van der Waals surface area contributed by atoms with Crippen LogP contribution < -0.4 is 10.9 Å². The average molecular weight is 308 g/mol. The third-order valence-corrected chi connectivity index (χ3v) is 3.58. The Hall–Kier alpha value is -3.15. The zero-order valence-electron chi connectivity index (χ0n) is 12.6. The minimum Gasteiger partial charge on any atom is -0.335 e. The lowest BCUT2D eigenvalue weighted by molar-refractivity contribution is -0.122. The summed E-state index contributed by atoms with van der Waals surface area (Å²) >= 11 is 0. The van der Waals surface area contributed by atoms with Gasteiger partial charge < -0.3 is 4.57 Å². The van der Waals surface area contributed by atoms with Crippen molar-refractivity contribution in [1.82, 2.24) is 20.4 Å². The Balaban J connectivity index is 1.65. The van der Waals surface area contributed by atoms with Gasteiger partial charge in [-0.3, -0.25) is 25.4 Å². The largest absolute Gasteiger partial charge is 0.335 e. The number of para-hydroxylation sites is 1. The molecule has 0 atom stereocenters. The predicted molar refractivity (Wildman–Crippen MR) is 86.5 cm³/mol. The Labute approximate surface area is 133 Å². The van der Waals surface area contributed by atoms with Crippen LogP contribution in [0.25, 0.3) is 10.9 Å². The number of carbonyl (C=O) groups is 2. The third-order valence-electron chi connectivity index (χ3n) is 3.58. The summed E-state index contributed by atoms with van der Waals surface area (Å²) in [5.74, 6) is -0.674. The first-order valence-electron chi connectivity index (χ1n) is 7.19. The second kappa shape index (κ2) is 6.31. The molecule has 0 aliphatic heterocycles. The monoisotopic (exact) mass is 308 g/mol. The highest BCUT2D eigenvalue weighted by atomic mass is 16.2. The van der Waals surface area contributed by atoms with Gasteiger partial charge in [0.15, 0.2) is 0 Å². The van der Waals surface area contributed by atoms with Crippen molar-refractivity contribution >= 4 is 22.7 Å². The van der Waals surface area contributed by atoms with E-state index >= 15 is 0 Å². The van der Waals surface area contributed by atoms with Gasteiger partial charge in [-0.25, -0.2) is 0 Å². The highest BCUT2D eigenvalue weighted by molar-refractivity contribution is 5.95. The number of rotatable bonds is 3. The minimum absolute atomic E-state index is 0.135. The highest BCUT2D eigenvalue weighted by Crippen LogP contribution is 2.18. The van der Waals surface area contributed by atoms with Crippen molar-refractivity contribution in [3.8, 4) is 0 Å². The summed E-state index contributed by atoms with van der Waals surface area (Å²) in [4.78, 5) is 27.8. The Bertz CT molecular complexity index is 855. The van der Waals surface area contributed by atoms with Gasteiger partial charge in [0.2, 0.25) is 0 Å². The number of benzene rings is 1. The molecule has 1 aromatic carbocycles. The van der Waals surface area contributed by atoms with Crippen molar-refractivity contribution in [1.29, 1.82) is 0 Å². The standard InChI is InChI=1S/C17H16N4O2/c1-12-10-14-4-2-3-5-15(14)21(12)11-16(22)19-20-17(23)13-6-8-18-9-7-13/h2-10H,11H2,1H3,(H,19,22)(H,20,23). The molecule has 0 saturated heterocycles. The highest BCUT2D eigenvalue weighted by Gasteiger charge is 2.11. The fourth-order valence-corrected chi connectivity index (χ4v) is 2.44. The lowest BCUT2D eigenvalue weighted by atomic mass is 10.2. The quantitative estimate of drug-likeness (QED) is 0.725. The fraction of sp³-hybridized carbons (Fsp3) is 0.118. The Morgan fingerprint density at radius 2 is 1.83 bits per heavy atom. The smallest absolute Gasteiger partial charge is 0.269 e. The van der Waals surface area contributed by atoms with Crippen LogP contribution in [0.1, 0.15) is 16.1 Å². The van der Waals surface area contributed by atoms with Crippen LogP contribution >= 0.6 is 0 Å². The van der Waals surface area contributed by atoms with Gasteiger partial charge in [-0.15, -0.1) is 0 Å². The molecule has 2 amide bonds. The molecule has 0 bridgehead atoms. The molecule has 0 spiro atoms. The van der Waals surface area contributed by atoms with Gasteiger partial charge in [0.25, 0.3) is 11.8 Å². The number of pyridine rings is 1. The van der Waals surface area contributed by atoms with E-state index in [4.69, 9.17) is 0 Å². The lowest BCUT2D eigenvalue weighted by Crippen LogP contribution is -2.43. The molecule has 2 aromatic heterocycles. The van der Waals surface area contributed by atoms with E-state index in [9.17, 15) is 9.59 Å². The summed E-state index contributed by atoms with van der Waals surface area (Å²) in [6.07, 6.45) is 3.04. The Morgan fingerprint density at radius 3 is 2.61 bits per heavy atom. The first-order valence-corrected chi connectivity index (χ1v) is 7.19. The molecule has 0 saturated carbocycles. The maximum atomic E-state index is 12.1. The van der Waals surface area contributed by atoms with Gasteiger partial charge in [-0.05, 0) is 36.6 Å². The van der Waals surface area contributed by atoms with E-state index in [1.807, 2.05) is 41.8 Å². The Morgan fingerprint density at radius 1 is 1.09 bits per heavy atom. The zero-order chi connectivity index (χ0) is 16.2. The van der Waals surface area contributed by atoms with Crippen LogP contribution in [0.2, 0.25) is 0 Å². The molecule has 0 aliphatic carbocycles. The van der Waals surface area contributed by atoms with Crippen LogP contribution in [0.15, 0.2) is 54.9 Å². The SMILES string of the molecule is Cc1cc2ccccc2n1CC(=O)NNC(=O)c1ccncc1. The molecule has 6 nitrogen and oxygen atoms in total. The van der Waals surface area contributed by atoms with Crippen LogP contribution in [0, 0.1) is 6.92 Å². The molecule has 0 fully saturated rings. The molecule has 3 rings (SSSR count). The van der Waals surface area contributed by atoms with Crippen molar-refractivity contribution in [2.45, 2.75) is 13.5 Å². The molecule has 0 unspecified atom stereocenters. The number of nitrogens with zero attached hydrogens (tertiary/aromatic N) is 2. The van der Waals surface area contributed by atoms with Gasteiger partial charge in [0.1, 0.15) is 6.54 Å². The number of aromatic nitrogens is 2. The summed E-state index contributed by atoms with van der Waals surface area (Å²) in [7, 11) is 0. The number of amides is 2. The van der Waals surface area contributed by atoms with Crippen LogP contribution in [-0.2, 0) is 11.3 Å². The summed E-state index contributed by atoms with van der Waals surface area (Å²) in [6.45, 7) is 2.08. The lowest BCUT2D eigenvalue weighted by Gasteiger charge is -2.10. The maximum absolute atomic E-state index is 12.1. The summed E-state index contributed by atoms with van der Waals surface area (Å²) in [5.41, 5.74) is 7.24. The number of aryl methyl sites for hydroxylation is 1. The second-order valence-electron chi connectivity index (χ2n) is 5.17. The summed E-state index contributed by atoms with van der Waals surface area (Å²) < 4.78 is 1.91. The van der Waals surface area contributed by atoms with Crippen molar-refractivity contribution in [2.75, 3.05) is 0 Å². The molecule has 23 heavy (non-hydrogen) atoms. The Kier molecular flexibility index (Phi) is 4.05. The first-order chi connectivity index (χ1) is 11.1. The normalized spacial score (nSPS) is 10.5. The van der Waals surface area contributed by atoms with E-state index in [0.29, 0.717) is 5.56 Å². The number of carbonyl (C=O) groups excluding carboxylic acids is 2. The van der Waals surface area contributed by atoms with E-state index in [1.54, 1.807) is 12.1 Å². The van der Waals surface area contributed by atoms with Crippen molar-refractivity contribution < 1.29 is 9.59 Å². The van der Waals surface area contributed by atoms with E-state index in [2.05, 4.69) is 15.8 Å². The summed E-state index contributed by atoms with van der Waals surface area (Å²) in [5, 5.41) is 1.08. The molecule has 0 aliphatic rings. The van der Waals surface area contributed by atoms with Crippen LogP contribution in [0.4, 0.5) is 0 Å². The number of fused-ring (bicyclic) bond motifs is 1. The number of hydrogen-bond donors (Lipinski definition) is 2. The molecule has 2 heterocycles. The van der Waals surface area contributed by atoms with Crippen LogP contribution in [0.3, 0.4) is 0 Å². The van der Waals surface area contributed by atoms with Gasteiger partial charge in [-0.2, -0.15) is 0 Å². The van der Waals surface area contributed by atoms with E-state index in [0.717, 1.165) is 16.6 Å². The maximum Gasteiger partial charge on any atom is 0.269 e. The van der Waals surface area contributed by atoms with Crippen molar-refractivity contribution in [3.05, 3.63) is 66.1 Å². The molecular weight excluding hydrogens is 292 g/mol. The van der Waals surface area contributed by atoms with Crippen LogP contribution in [0.5, 0.6) is 0 Å². The molecule has 6 heteroatoms. The molecule has 2 N–H and O–H groups in total. The van der Waals surface area contributed by atoms with E-state index < -0.39 is 0 Å². The minimum atomic E-state index is -0.380. The van der Waals surface area contributed by atoms with Crippen molar-refractivity contribution in [2.24, 2.45) is 0 Å². The van der Waals surface area contributed by atoms with E-state index in [-0.39, 0.29) is 18.4 Å². The number of hydrogen-bond acceptors (Lipinski definition) is 3. The van der Waals surface area contributed by atoms with Gasteiger partial charge in [-0.1, -0.05) is 18.2 Å². The number of nitrogens with one attached hydrogen (secondary N) is 2. The summed E-state index contributed by atoms with van der Waals surface area (Å²) in [6, 6.07) is 13.0. The molecule has 3 aromatic rings. The fourth-order valence-electron chi connectivity index (χ4n) is 2.44. The average Bonchev–Trinajstić information content (AvgIpc) is 2.89. The topological polar surface area (TPSA) is 76.0 Å². The van der Waals surface area contributed by atoms with Gasteiger partial charge in [0, 0.05) is 29.2 Å². The predicted octanol–water partition coefficient (Wildman–Crippen LogP) is 1.81. The van der Waals surface area contributed by atoms with Crippen LogP contribution in [-0.4, -0.2) is 21.4 Å². The molecule has 0 radical (unpaired) electrons. The van der Waals surface area contributed by atoms with Gasteiger partial charge in [0.05, 0.1) is 0 Å². The third kappa shape index (κ3) is 3.21. The zero-order valence-corrected chi connectivity index (χ0v) is 12.6. The van der Waals surface area contributed by atoms with Gasteiger partial charge >= 0.3 is 0 Å². The number of hydrazine groups is 1. The van der Waals surface area contributed by atoms with E-state index in [1.165, 1.54) is 12.4 Å².